The fourth-order valence-electron chi connectivity index (χ4n) is 1.70. The van der Waals surface area contributed by atoms with Crippen molar-refractivity contribution in [1.82, 2.24) is 9.03 Å². The molecule has 1 heterocycles. The Morgan fingerprint density at radius 3 is 2.58 bits per heavy atom. The van der Waals surface area contributed by atoms with E-state index in [1.54, 1.807) is 0 Å². The first-order valence-corrected chi connectivity index (χ1v) is 7.49. The van der Waals surface area contributed by atoms with Gasteiger partial charge in [0, 0.05) is 20.6 Å². The number of nitrogens with one attached hydrogen (secondary N) is 1. The molecular weight excluding hydrogens is 268 g/mol. The van der Waals surface area contributed by atoms with E-state index in [1.807, 2.05) is 18.2 Å². The number of nitrogens with zero attached hydrogens (tertiary/aromatic N) is 1. The minimum Gasteiger partial charge on any atom is -0.486 e. The van der Waals surface area contributed by atoms with Gasteiger partial charge in [-0.1, -0.05) is 6.07 Å². The van der Waals surface area contributed by atoms with Gasteiger partial charge in [-0.3, -0.25) is 0 Å². The molecule has 0 spiro atoms. The van der Waals surface area contributed by atoms with Gasteiger partial charge in [0.05, 0.1) is 0 Å². The lowest BCUT2D eigenvalue weighted by atomic mass is 10.1. The Morgan fingerprint density at radius 1 is 1.21 bits per heavy atom. The van der Waals surface area contributed by atoms with Crippen molar-refractivity contribution in [2.45, 2.75) is 6.42 Å². The highest BCUT2D eigenvalue weighted by atomic mass is 32.2. The SMILES string of the molecule is CN(C)S(=O)(=O)NCCc1ccc2c(c1)OCCO2. The maximum atomic E-state index is 11.5. The van der Waals surface area contributed by atoms with Crippen molar-refractivity contribution in [2.24, 2.45) is 0 Å². The van der Waals surface area contributed by atoms with Gasteiger partial charge in [-0.25, -0.2) is 4.72 Å². The molecule has 1 aromatic carbocycles. The van der Waals surface area contributed by atoms with Gasteiger partial charge in [0.2, 0.25) is 0 Å². The second-order valence-corrected chi connectivity index (χ2v) is 6.38. The molecule has 1 N–H and O–H groups in total. The number of fused-ring (bicyclic) bond motifs is 1. The molecular formula is C12H18N2O4S. The molecule has 19 heavy (non-hydrogen) atoms. The monoisotopic (exact) mass is 286 g/mol. The summed E-state index contributed by atoms with van der Waals surface area (Å²) in [5, 5.41) is 0. The van der Waals surface area contributed by atoms with Gasteiger partial charge in [0.15, 0.2) is 11.5 Å². The average molecular weight is 286 g/mol. The van der Waals surface area contributed by atoms with Gasteiger partial charge in [-0.05, 0) is 24.1 Å². The first-order valence-electron chi connectivity index (χ1n) is 6.05. The quantitative estimate of drug-likeness (QED) is 0.850. The molecule has 0 bridgehead atoms. The third-order valence-electron chi connectivity index (χ3n) is 2.79. The van der Waals surface area contributed by atoms with Crippen LogP contribution in [0.4, 0.5) is 0 Å². The molecule has 0 fully saturated rings. The summed E-state index contributed by atoms with van der Waals surface area (Å²) in [5.74, 6) is 1.46. The fourth-order valence-corrected chi connectivity index (χ4v) is 2.31. The molecule has 1 aromatic rings. The molecule has 0 radical (unpaired) electrons. The third kappa shape index (κ3) is 3.59. The molecule has 1 aliphatic heterocycles. The van der Waals surface area contributed by atoms with E-state index < -0.39 is 10.2 Å². The minimum atomic E-state index is -3.36. The fraction of sp³-hybridized carbons (Fsp3) is 0.500. The highest BCUT2D eigenvalue weighted by Crippen LogP contribution is 2.30. The van der Waals surface area contributed by atoms with Crippen LogP contribution < -0.4 is 14.2 Å². The van der Waals surface area contributed by atoms with E-state index in [2.05, 4.69) is 4.72 Å². The third-order valence-corrected chi connectivity index (χ3v) is 4.32. The summed E-state index contributed by atoms with van der Waals surface area (Å²) in [6.07, 6.45) is 0.601. The maximum absolute atomic E-state index is 11.5. The highest BCUT2D eigenvalue weighted by Gasteiger charge is 2.13. The standard InChI is InChI=1S/C12H18N2O4S/c1-14(2)19(15,16)13-6-5-10-3-4-11-12(9-10)18-8-7-17-11/h3-4,9,13H,5-8H2,1-2H3. The molecule has 0 saturated heterocycles. The Kier molecular flexibility index (Phi) is 4.28. The zero-order valence-electron chi connectivity index (χ0n) is 11.0. The van der Waals surface area contributed by atoms with Crippen LogP contribution in [0.3, 0.4) is 0 Å². The Bertz CT molecular complexity index is 543. The van der Waals surface area contributed by atoms with E-state index in [9.17, 15) is 8.42 Å². The zero-order chi connectivity index (χ0) is 13.9. The topological polar surface area (TPSA) is 67.9 Å². The van der Waals surface area contributed by atoms with Gasteiger partial charge < -0.3 is 9.47 Å². The van der Waals surface area contributed by atoms with Crippen molar-refractivity contribution in [3.63, 3.8) is 0 Å². The number of benzene rings is 1. The highest BCUT2D eigenvalue weighted by molar-refractivity contribution is 7.87. The zero-order valence-corrected chi connectivity index (χ0v) is 11.9. The lowest BCUT2D eigenvalue weighted by Gasteiger charge is -2.19. The molecule has 0 aliphatic carbocycles. The second-order valence-electron chi connectivity index (χ2n) is 4.41. The van der Waals surface area contributed by atoms with Gasteiger partial charge in [0.25, 0.3) is 10.2 Å². The van der Waals surface area contributed by atoms with Gasteiger partial charge in [0.1, 0.15) is 13.2 Å². The van der Waals surface area contributed by atoms with E-state index in [4.69, 9.17) is 9.47 Å². The summed E-state index contributed by atoms with van der Waals surface area (Å²) >= 11 is 0. The van der Waals surface area contributed by atoms with E-state index in [-0.39, 0.29) is 0 Å². The summed E-state index contributed by atoms with van der Waals surface area (Å²) < 4.78 is 37.6. The Morgan fingerprint density at radius 2 is 1.89 bits per heavy atom. The molecule has 0 saturated carbocycles. The van der Waals surface area contributed by atoms with Crippen LogP contribution in [0.25, 0.3) is 0 Å². The predicted molar refractivity (Wildman–Crippen MR) is 71.7 cm³/mol. The smallest absolute Gasteiger partial charge is 0.278 e. The average Bonchev–Trinajstić information content (AvgIpc) is 2.38. The molecule has 7 heteroatoms. The first kappa shape index (κ1) is 14.1. The summed E-state index contributed by atoms with van der Waals surface area (Å²) in [5.41, 5.74) is 1.01. The number of rotatable bonds is 5. The van der Waals surface area contributed by atoms with Crippen LogP contribution in [-0.4, -0.2) is 46.6 Å². The molecule has 2 rings (SSSR count). The van der Waals surface area contributed by atoms with Crippen LogP contribution in [0.5, 0.6) is 11.5 Å². The van der Waals surface area contributed by atoms with E-state index in [1.165, 1.54) is 14.1 Å². The first-order chi connectivity index (χ1) is 8.99. The van der Waals surface area contributed by atoms with Crippen LogP contribution in [0, 0.1) is 0 Å². The van der Waals surface area contributed by atoms with Crippen molar-refractivity contribution in [3.05, 3.63) is 23.8 Å². The molecule has 1 aliphatic rings. The molecule has 0 unspecified atom stereocenters. The van der Waals surface area contributed by atoms with Crippen LogP contribution in [-0.2, 0) is 16.6 Å². The maximum Gasteiger partial charge on any atom is 0.278 e. The summed E-state index contributed by atoms with van der Waals surface area (Å²) in [7, 11) is -0.373. The summed E-state index contributed by atoms with van der Waals surface area (Å²) in [4.78, 5) is 0. The Balaban J connectivity index is 1.94. The van der Waals surface area contributed by atoms with Crippen molar-refractivity contribution in [2.75, 3.05) is 33.9 Å². The molecule has 6 nitrogen and oxygen atoms in total. The lowest BCUT2D eigenvalue weighted by molar-refractivity contribution is 0.171. The number of hydrogen-bond acceptors (Lipinski definition) is 4. The van der Waals surface area contributed by atoms with Gasteiger partial charge >= 0.3 is 0 Å². The van der Waals surface area contributed by atoms with Crippen LogP contribution >= 0.6 is 0 Å². The summed E-state index contributed by atoms with van der Waals surface area (Å²) in [6, 6.07) is 5.65. The second kappa shape index (κ2) is 5.77. The van der Waals surface area contributed by atoms with Crippen LogP contribution in [0.15, 0.2) is 18.2 Å². The van der Waals surface area contributed by atoms with Gasteiger partial charge in [-0.2, -0.15) is 12.7 Å². The lowest BCUT2D eigenvalue weighted by Crippen LogP contribution is -2.36. The minimum absolute atomic E-state index is 0.347. The normalized spacial score (nSPS) is 14.7. The van der Waals surface area contributed by atoms with E-state index in [0.29, 0.717) is 26.2 Å². The van der Waals surface area contributed by atoms with Crippen molar-refractivity contribution in [3.8, 4) is 11.5 Å². The molecule has 0 aromatic heterocycles. The molecule has 106 valence electrons. The Labute approximate surface area is 113 Å². The van der Waals surface area contributed by atoms with E-state index in [0.717, 1.165) is 21.4 Å². The van der Waals surface area contributed by atoms with E-state index >= 15 is 0 Å². The Hall–Kier alpha value is -1.31. The van der Waals surface area contributed by atoms with Crippen molar-refractivity contribution < 1.29 is 17.9 Å². The number of ether oxygens (including phenoxy) is 2. The van der Waals surface area contributed by atoms with Crippen molar-refractivity contribution >= 4 is 10.2 Å². The molecule has 0 amide bonds. The van der Waals surface area contributed by atoms with Crippen LogP contribution in [0.2, 0.25) is 0 Å². The number of hydrogen-bond donors (Lipinski definition) is 1. The van der Waals surface area contributed by atoms with Gasteiger partial charge in [-0.15, -0.1) is 0 Å². The van der Waals surface area contributed by atoms with Crippen LogP contribution in [0.1, 0.15) is 5.56 Å². The predicted octanol–water partition coefficient (Wildman–Crippen LogP) is 0.396. The largest absolute Gasteiger partial charge is 0.486 e. The summed E-state index contributed by atoms with van der Waals surface area (Å²) in [6.45, 7) is 1.46. The van der Waals surface area contributed by atoms with Crippen molar-refractivity contribution in [1.29, 1.82) is 0 Å². The molecule has 0 atom stereocenters.